The van der Waals surface area contributed by atoms with E-state index in [2.05, 4.69) is 12.7 Å². The lowest BCUT2D eigenvalue weighted by molar-refractivity contribution is 0.0838. The van der Waals surface area contributed by atoms with Crippen molar-refractivity contribution in [2.24, 2.45) is 5.92 Å². The number of rotatable bonds is 7. The van der Waals surface area contributed by atoms with Crippen LogP contribution in [0.25, 0.3) is 0 Å². The number of fused-ring (bicyclic) bond motifs is 1. The van der Waals surface area contributed by atoms with E-state index in [0.717, 1.165) is 12.0 Å². The molecule has 1 aliphatic rings. The van der Waals surface area contributed by atoms with Gasteiger partial charge in [0.25, 0.3) is 0 Å². The molecule has 1 aliphatic heterocycles. The molecule has 6 heteroatoms. The number of carbonyl (C=O) groups excluding carboxylic acids is 1. The summed E-state index contributed by atoms with van der Waals surface area (Å²) in [6, 6.07) is 5.54. The molecule has 0 amide bonds. The predicted molar refractivity (Wildman–Crippen MR) is 123 cm³/mol. The third kappa shape index (κ3) is 4.74. The number of Topliss-reactive ketones (excluding diaryl/α,β-unsaturated/α-hetero) is 1. The van der Waals surface area contributed by atoms with Gasteiger partial charge in [-0.3, -0.25) is 4.79 Å². The molecule has 0 aliphatic carbocycles. The number of phenols is 3. The predicted octanol–water partition coefficient (Wildman–Crippen LogP) is 5.61. The van der Waals surface area contributed by atoms with Crippen molar-refractivity contribution in [3.63, 3.8) is 0 Å². The molecule has 1 heterocycles. The molecule has 2 aromatic carbocycles. The van der Waals surface area contributed by atoms with Gasteiger partial charge in [-0.05, 0) is 57.7 Å². The van der Waals surface area contributed by atoms with Crippen molar-refractivity contribution in [1.29, 1.82) is 0 Å². The molecule has 0 aromatic heterocycles. The molecular formula is C26H30O6. The molecule has 0 saturated carbocycles. The van der Waals surface area contributed by atoms with Crippen LogP contribution in [-0.4, -0.2) is 28.2 Å². The molecule has 2 unspecified atom stereocenters. The van der Waals surface area contributed by atoms with Crippen molar-refractivity contribution in [3.05, 3.63) is 64.8 Å². The van der Waals surface area contributed by atoms with Gasteiger partial charge < -0.3 is 24.8 Å². The summed E-state index contributed by atoms with van der Waals surface area (Å²) in [4.78, 5) is 13.0. The number of benzene rings is 2. The largest absolute Gasteiger partial charge is 0.508 e. The molecule has 6 nitrogen and oxygen atoms in total. The molecule has 3 rings (SSSR count). The van der Waals surface area contributed by atoms with Crippen LogP contribution >= 0.6 is 0 Å². The van der Waals surface area contributed by atoms with Crippen LogP contribution < -0.4 is 9.47 Å². The van der Waals surface area contributed by atoms with Gasteiger partial charge in [0.1, 0.15) is 40.4 Å². The Hall–Kier alpha value is -3.41. The monoisotopic (exact) mass is 438 g/mol. The van der Waals surface area contributed by atoms with Gasteiger partial charge in [0.15, 0.2) is 5.78 Å². The van der Waals surface area contributed by atoms with E-state index in [1.807, 2.05) is 20.8 Å². The van der Waals surface area contributed by atoms with Crippen molar-refractivity contribution >= 4 is 5.78 Å². The quantitative estimate of drug-likeness (QED) is 0.384. The number of aromatic hydroxyl groups is 3. The first-order chi connectivity index (χ1) is 15.1. The normalized spacial score (nSPS) is 16.0. The van der Waals surface area contributed by atoms with Gasteiger partial charge in [-0.25, -0.2) is 0 Å². The molecule has 0 saturated heterocycles. The number of hydrogen-bond donors (Lipinski definition) is 3. The summed E-state index contributed by atoms with van der Waals surface area (Å²) >= 11 is 0. The second kappa shape index (κ2) is 9.39. The average molecular weight is 439 g/mol. The Morgan fingerprint density at radius 3 is 2.56 bits per heavy atom. The first-order valence-corrected chi connectivity index (χ1v) is 10.6. The maximum Gasteiger partial charge on any atom is 0.174 e. The lowest BCUT2D eigenvalue weighted by Gasteiger charge is -2.30. The van der Waals surface area contributed by atoms with Crippen LogP contribution in [0.1, 0.15) is 61.2 Å². The molecule has 2 aromatic rings. The minimum atomic E-state index is -0.812. The van der Waals surface area contributed by atoms with Gasteiger partial charge in [0.05, 0.1) is 13.5 Å². The average Bonchev–Trinajstić information content (AvgIpc) is 2.72. The molecule has 2 atom stereocenters. The second-order valence-corrected chi connectivity index (χ2v) is 8.52. The highest BCUT2D eigenvalue weighted by Crippen LogP contribution is 2.48. The van der Waals surface area contributed by atoms with Crippen molar-refractivity contribution in [2.75, 3.05) is 7.11 Å². The zero-order chi connectivity index (χ0) is 23.6. The second-order valence-electron chi connectivity index (χ2n) is 8.52. The van der Waals surface area contributed by atoms with Crippen LogP contribution in [0.15, 0.2) is 48.1 Å². The van der Waals surface area contributed by atoms with Gasteiger partial charge in [-0.1, -0.05) is 23.8 Å². The first-order valence-electron chi connectivity index (χ1n) is 10.6. The molecule has 32 heavy (non-hydrogen) atoms. The van der Waals surface area contributed by atoms with Gasteiger partial charge in [0, 0.05) is 17.2 Å². The smallest absolute Gasteiger partial charge is 0.174 e. The summed E-state index contributed by atoms with van der Waals surface area (Å²) in [5.41, 5.74) is 3.25. The van der Waals surface area contributed by atoms with E-state index >= 15 is 0 Å². The topological polar surface area (TPSA) is 96.2 Å². The van der Waals surface area contributed by atoms with Crippen LogP contribution in [0, 0.1) is 5.92 Å². The van der Waals surface area contributed by atoms with Crippen molar-refractivity contribution < 1.29 is 29.6 Å². The van der Waals surface area contributed by atoms with Crippen LogP contribution in [0.5, 0.6) is 28.7 Å². The van der Waals surface area contributed by atoms with Crippen molar-refractivity contribution in [2.45, 2.75) is 46.1 Å². The number of ether oxygens (including phenoxy) is 2. The van der Waals surface area contributed by atoms with Gasteiger partial charge >= 0.3 is 0 Å². The molecule has 0 spiro atoms. The van der Waals surface area contributed by atoms with Crippen molar-refractivity contribution in [3.8, 4) is 28.7 Å². The van der Waals surface area contributed by atoms with Crippen LogP contribution in [0.2, 0.25) is 0 Å². The fraction of sp³-hybridized carbons (Fsp3) is 0.346. The van der Waals surface area contributed by atoms with E-state index < -0.39 is 6.10 Å². The van der Waals surface area contributed by atoms with Crippen molar-refractivity contribution in [1.82, 2.24) is 0 Å². The fourth-order valence-electron chi connectivity index (χ4n) is 3.95. The number of hydrogen-bond acceptors (Lipinski definition) is 6. The van der Waals surface area contributed by atoms with E-state index in [0.29, 0.717) is 23.3 Å². The van der Waals surface area contributed by atoms with Gasteiger partial charge in [-0.15, -0.1) is 0 Å². The minimum absolute atomic E-state index is 0.0440. The SMILES string of the molecule is C=C(C)C(CC=C(C)C)Cc1c(OC)cc(O)c2c1OC(c1cc(O)ccc1O)CC2=O. The lowest BCUT2D eigenvalue weighted by atomic mass is 9.86. The fourth-order valence-corrected chi connectivity index (χ4v) is 3.95. The summed E-state index contributed by atoms with van der Waals surface area (Å²) in [6.45, 7) is 10.2. The molecule has 170 valence electrons. The van der Waals surface area contributed by atoms with Gasteiger partial charge in [-0.2, -0.15) is 0 Å². The molecule has 3 N–H and O–H groups in total. The number of ketones is 1. The van der Waals surface area contributed by atoms with Crippen LogP contribution in [0.4, 0.5) is 0 Å². The standard InChI is InChI=1S/C26H30O6/c1-14(2)6-7-16(15(3)4)10-19-23(31-5)12-21(29)25-22(30)13-24(32-26(19)25)18-11-17(27)8-9-20(18)28/h6,8-9,11-12,16,24,27-29H,3,7,10,13H2,1-2,4-5H3. The summed E-state index contributed by atoms with van der Waals surface area (Å²) in [6.07, 6.45) is 2.51. The Morgan fingerprint density at radius 1 is 1.22 bits per heavy atom. The van der Waals surface area contributed by atoms with Crippen LogP contribution in [0.3, 0.4) is 0 Å². The third-order valence-corrected chi connectivity index (χ3v) is 5.77. The summed E-state index contributed by atoms with van der Waals surface area (Å²) in [5.74, 6) is 0.0868. The number of allylic oxidation sites excluding steroid dienone is 3. The molecular weight excluding hydrogens is 408 g/mol. The summed E-state index contributed by atoms with van der Waals surface area (Å²) in [5, 5.41) is 30.7. The summed E-state index contributed by atoms with van der Waals surface area (Å²) < 4.78 is 11.7. The Bertz CT molecular complexity index is 1080. The zero-order valence-corrected chi connectivity index (χ0v) is 18.9. The molecule has 0 bridgehead atoms. The third-order valence-electron chi connectivity index (χ3n) is 5.77. The number of carbonyl (C=O) groups is 1. The Labute approximate surface area is 188 Å². The highest BCUT2D eigenvalue weighted by molar-refractivity contribution is 6.03. The highest BCUT2D eigenvalue weighted by Gasteiger charge is 2.35. The van der Waals surface area contributed by atoms with Crippen LogP contribution in [-0.2, 0) is 6.42 Å². The molecule has 0 fully saturated rings. The Morgan fingerprint density at radius 2 is 1.94 bits per heavy atom. The first kappa shape index (κ1) is 23.3. The maximum atomic E-state index is 13.0. The zero-order valence-electron chi connectivity index (χ0n) is 18.9. The lowest BCUT2D eigenvalue weighted by Crippen LogP contribution is -2.23. The number of phenolic OH excluding ortho intramolecular Hbond substituents is 3. The van der Waals surface area contributed by atoms with E-state index in [-0.39, 0.29) is 46.7 Å². The molecule has 0 radical (unpaired) electrons. The van der Waals surface area contributed by atoms with E-state index in [4.69, 9.17) is 9.47 Å². The van der Waals surface area contributed by atoms with Gasteiger partial charge in [0.2, 0.25) is 0 Å². The Balaban J connectivity index is 2.11. The highest BCUT2D eigenvalue weighted by atomic mass is 16.5. The van der Waals surface area contributed by atoms with E-state index in [9.17, 15) is 20.1 Å². The number of methoxy groups -OCH3 is 1. The Kier molecular flexibility index (Phi) is 6.82. The van der Waals surface area contributed by atoms with E-state index in [1.165, 1.54) is 36.9 Å². The minimum Gasteiger partial charge on any atom is -0.508 e. The summed E-state index contributed by atoms with van der Waals surface area (Å²) in [7, 11) is 1.50. The van der Waals surface area contributed by atoms with E-state index in [1.54, 1.807) is 0 Å². The maximum absolute atomic E-state index is 13.0.